The van der Waals surface area contributed by atoms with Crippen molar-refractivity contribution in [3.63, 3.8) is 0 Å². The minimum absolute atomic E-state index is 0.0543. The quantitative estimate of drug-likeness (QED) is 0.798. The molecule has 0 saturated heterocycles. The normalized spacial score (nSPS) is 11.9. The molecule has 0 heterocycles. The molecule has 0 fully saturated rings. The van der Waals surface area contributed by atoms with Crippen LogP contribution in [0.1, 0.15) is 35.7 Å². The number of nitrogens with one attached hydrogen (secondary N) is 2. The van der Waals surface area contributed by atoms with E-state index >= 15 is 0 Å². The topological polar surface area (TPSA) is 58.2 Å². The maximum absolute atomic E-state index is 12.5. The smallest absolute Gasteiger partial charge is 0.269 e. The zero-order valence-electron chi connectivity index (χ0n) is 13.3. The van der Waals surface area contributed by atoms with Gasteiger partial charge < -0.3 is 0 Å². The van der Waals surface area contributed by atoms with Crippen molar-refractivity contribution in [1.82, 2.24) is 10.9 Å². The number of hydrogen-bond donors (Lipinski definition) is 2. The zero-order valence-corrected chi connectivity index (χ0v) is 14.9. The van der Waals surface area contributed by atoms with Gasteiger partial charge >= 0.3 is 0 Å². The van der Waals surface area contributed by atoms with Gasteiger partial charge in [-0.15, -0.1) is 0 Å². The van der Waals surface area contributed by atoms with E-state index < -0.39 is 11.8 Å². The van der Waals surface area contributed by atoms with Gasteiger partial charge in [0, 0.05) is 15.6 Å². The average molecular weight is 365 g/mol. The van der Waals surface area contributed by atoms with E-state index in [4.69, 9.17) is 23.2 Å². The third kappa shape index (κ3) is 4.73. The molecule has 0 spiro atoms. The summed E-state index contributed by atoms with van der Waals surface area (Å²) in [7, 11) is 0. The van der Waals surface area contributed by atoms with E-state index in [9.17, 15) is 9.59 Å². The van der Waals surface area contributed by atoms with E-state index in [1.165, 1.54) is 0 Å². The summed E-state index contributed by atoms with van der Waals surface area (Å²) >= 11 is 11.7. The third-order valence-electron chi connectivity index (χ3n) is 3.58. The molecule has 2 N–H and O–H groups in total. The van der Waals surface area contributed by atoms with E-state index in [1.807, 2.05) is 26.0 Å². The first-order valence-corrected chi connectivity index (χ1v) is 8.25. The van der Waals surface area contributed by atoms with Crippen LogP contribution >= 0.6 is 23.2 Å². The summed E-state index contributed by atoms with van der Waals surface area (Å²) in [5, 5.41) is 1.15. The molecule has 1 unspecified atom stereocenters. The molecule has 4 nitrogen and oxygen atoms in total. The van der Waals surface area contributed by atoms with Crippen molar-refractivity contribution in [2.24, 2.45) is 5.92 Å². The molecular formula is C18H18Cl2N2O2. The summed E-state index contributed by atoms with van der Waals surface area (Å²) < 4.78 is 0. The van der Waals surface area contributed by atoms with Crippen LogP contribution in [-0.4, -0.2) is 11.8 Å². The summed E-state index contributed by atoms with van der Waals surface area (Å²) in [4.78, 5) is 24.5. The van der Waals surface area contributed by atoms with Crippen LogP contribution in [0.4, 0.5) is 0 Å². The van der Waals surface area contributed by atoms with Crippen LogP contribution in [0.3, 0.4) is 0 Å². The van der Waals surface area contributed by atoms with Crippen molar-refractivity contribution in [2.45, 2.75) is 19.8 Å². The first-order chi connectivity index (χ1) is 11.4. The van der Waals surface area contributed by atoms with Crippen LogP contribution in [0, 0.1) is 5.92 Å². The maximum atomic E-state index is 12.5. The third-order valence-corrected chi connectivity index (χ3v) is 4.09. The second-order valence-corrected chi connectivity index (χ2v) is 6.60. The molecule has 0 aliphatic heterocycles. The maximum Gasteiger partial charge on any atom is 0.269 e. The molecule has 6 heteroatoms. The zero-order chi connectivity index (χ0) is 17.7. The standard InChI is InChI=1S/C18H18Cl2N2O2/c1-11(2)16(12-3-7-14(19)8-4-12)18(24)22-21-17(23)13-5-9-15(20)10-6-13/h3-11,16H,1-2H3,(H,21,23)(H,22,24). The SMILES string of the molecule is CC(C)C(C(=O)NNC(=O)c1ccc(Cl)cc1)c1ccc(Cl)cc1. The van der Waals surface area contributed by atoms with Crippen LogP contribution < -0.4 is 10.9 Å². The predicted octanol–water partition coefficient (Wildman–Crippen LogP) is 4.19. The van der Waals surface area contributed by atoms with E-state index in [1.54, 1.807) is 36.4 Å². The number of hydrogen-bond acceptors (Lipinski definition) is 2. The molecule has 0 radical (unpaired) electrons. The summed E-state index contributed by atoms with van der Waals surface area (Å²) in [5.74, 6) is -1.03. The fraction of sp³-hybridized carbons (Fsp3) is 0.222. The number of carbonyl (C=O) groups is 2. The molecule has 0 aromatic heterocycles. The van der Waals surface area contributed by atoms with Gasteiger partial charge in [0.2, 0.25) is 5.91 Å². The van der Waals surface area contributed by atoms with Crippen LogP contribution in [0.2, 0.25) is 10.0 Å². The lowest BCUT2D eigenvalue weighted by atomic mass is 9.88. The molecule has 24 heavy (non-hydrogen) atoms. The van der Waals surface area contributed by atoms with Gasteiger partial charge in [-0.1, -0.05) is 49.2 Å². The van der Waals surface area contributed by atoms with Crippen molar-refractivity contribution in [3.05, 3.63) is 69.7 Å². The highest BCUT2D eigenvalue weighted by Gasteiger charge is 2.24. The van der Waals surface area contributed by atoms with Gasteiger partial charge in [-0.3, -0.25) is 20.4 Å². The monoisotopic (exact) mass is 364 g/mol. The number of rotatable bonds is 4. The van der Waals surface area contributed by atoms with Crippen molar-refractivity contribution >= 4 is 35.0 Å². The first kappa shape index (κ1) is 18.3. The van der Waals surface area contributed by atoms with E-state index in [0.29, 0.717) is 15.6 Å². The molecule has 0 saturated carbocycles. The summed E-state index contributed by atoms with van der Waals surface area (Å²) in [6.45, 7) is 3.89. The lowest BCUT2D eigenvalue weighted by Crippen LogP contribution is -2.44. The van der Waals surface area contributed by atoms with Gasteiger partial charge in [0.05, 0.1) is 5.92 Å². The van der Waals surface area contributed by atoms with Gasteiger partial charge in [0.25, 0.3) is 5.91 Å². The van der Waals surface area contributed by atoms with Crippen LogP contribution in [0.15, 0.2) is 48.5 Å². The minimum atomic E-state index is -0.404. The number of benzene rings is 2. The predicted molar refractivity (Wildman–Crippen MR) is 96.1 cm³/mol. The summed E-state index contributed by atoms with van der Waals surface area (Å²) in [5.41, 5.74) is 6.16. The number of halogens is 2. The second-order valence-electron chi connectivity index (χ2n) is 5.72. The van der Waals surface area contributed by atoms with Crippen LogP contribution in [0.5, 0.6) is 0 Å². The Morgan fingerprint density at radius 3 is 1.83 bits per heavy atom. The number of hydrazine groups is 1. The molecule has 2 aromatic rings. The molecule has 126 valence electrons. The van der Waals surface area contributed by atoms with Crippen molar-refractivity contribution in [2.75, 3.05) is 0 Å². The summed E-state index contributed by atoms with van der Waals surface area (Å²) in [6.07, 6.45) is 0. The Morgan fingerprint density at radius 1 is 0.833 bits per heavy atom. The Hall–Kier alpha value is -2.04. The molecular weight excluding hydrogens is 347 g/mol. The van der Waals surface area contributed by atoms with Crippen LogP contribution in [0.25, 0.3) is 0 Å². The van der Waals surface area contributed by atoms with Crippen molar-refractivity contribution in [1.29, 1.82) is 0 Å². The Morgan fingerprint density at radius 2 is 1.33 bits per heavy atom. The van der Waals surface area contributed by atoms with Crippen molar-refractivity contribution in [3.8, 4) is 0 Å². The Bertz CT molecular complexity index is 713. The fourth-order valence-corrected chi connectivity index (χ4v) is 2.63. The van der Waals surface area contributed by atoms with Crippen LogP contribution in [-0.2, 0) is 4.79 Å². The van der Waals surface area contributed by atoms with Gasteiger partial charge in [0.15, 0.2) is 0 Å². The molecule has 0 bridgehead atoms. The minimum Gasteiger partial charge on any atom is -0.273 e. The van der Waals surface area contributed by atoms with Crippen molar-refractivity contribution < 1.29 is 9.59 Å². The Labute approximate surface area is 151 Å². The van der Waals surface area contributed by atoms with Gasteiger partial charge in [0.1, 0.15) is 0 Å². The lowest BCUT2D eigenvalue weighted by molar-refractivity contribution is -0.124. The average Bonchev–Trinajstić information content (AvgIpc) is 2.55. The number of amides is 2. The molecule has 1 atom stereocenters. The Kier molecular flexibility index (Phi) is 6.23. The molecule has 2 rings (SSSR count). The van der Waals surface area contributed by atoms with Gasteiger partial charge in [-0.05, 0) is 47.9 Å². The highest BCUT2D eigenvalue weighted by Crippen LogP contribution is 2.25. The van der Waals surface area contributed by atoms with Gasteiger partial charge in [-0.2, -0.15) is 0 Å². The van der Waals surface area contributed by atoms with E-state index in [-0.39, 0.29) is 11.8 Å². The molecule has 0 aliphatic carbocycles. The fourth-order valence-electron chi connectivity index (χ4n) is 2.38. The number of carbonyl (C=O) groups excluding carboxylic acids is 2. The largest absolute Gasteiger partial charge is 0.273 e. The lowest BCUT2D eigenvalue weighted by Gasteiger charge is -2.21. The molecule has 2 aromatic carbocycles. The molecule has 0 aliphatic rings. The molecule has 2 amide bonds. The van der Waals surface area contributed by atoms with E-state index in [0.717, 1.165) is 5.56 Å². The van der Waals surface area contributed by atoms with Gasteiger partial charge in [-0.25, -0.2) is 0 Å². The highest BCUT2D eigenvalue weighted by molar-refractivity contribution is 6.30. The second kappa shape index (κ2) is 8.18. The van der Waals surface area contributed by atoms with E-state index in [2.05, 4.69) is 10.9 Å². The summed E-state index contributed by atoms with van der Waals surface area (Å²) in [6, 6.07) is 13.5. The highest BCUT2D eigenvalue weighted by atomic mass is 35.5. The first-order valence-electron chi connectivity index (χ1n) is 7.49. The Balaban J connectivity index is 2.04.